The second kappa shape index (κ2) is 6.77. The van der Waals surface area contributed by atoms with Crippen LogP contribution in [0.5, 0.6) is 0 Å². The number of pyridine rings is 1. The van der Waals surface area contributed by atoms with Crippen LogP contribution in [-0.2, 0) is 17.5 Å². The Balaban J connectivity index is 1.51. The van der Waals surface area contributed by atoms with Crippen molar-refractivity contribution in [2.24, 2.45) is 11.1 Å². The first kappa shape index (κ1) is 20.9. The Morgan fingerprint density at radius 1 is 1.31 bits per heavy atom. The Labute approximate surface area is 181 Å². The Bertz CT molecular complexity index is 1100. The molecule has 2 amide bonds. The van der Waals surface area contributed by atoms with Crippen molar-refractivity contribution in [2.45, 2.75) is 56.3 Å². The first-order valence-corrected chi connectivity index (χ1v) is 10.4. The number of methoxy groups -OCH3 is 1. The highest BCUT2D eigenvalue weighted by molar-refractivity contribution is 6.05. The topological polar surface area (TPSA) is 112 Å². The van der Waals surface area contributed by atoms with Gasteiger partial charge in [0, 0.05) is 31.5 Å². The van der Waals surface area contributed by atoms with E-state index in [0.29, 0.717) is 12.8 Å². The van der Waals surface area contributed by atoms with Crippen LogP contribution in [0, 0.1) is 5.41 Å². The Morgan fingerprint density at radius 3 is 2.56 bits per heavy atom. The maximum atomic E-state index is 14.1. The Morgan fingerprint density at radius 2 is 2.00 bits per heavy atom. The minimum atomic E-state index is -4.73. The summed E-state index contributed by atoms with van der Waals surface area (Å²) in [5.41, 5.74) is 3.29. The molecule has 4 saturated carbocycles. The highest BCUT2D eigenvalue weighted by Gasteiger charge is 2.68. The second-order valence-electron chi connectivity index (χ2n) is 9.20. The fourth-order valence-electron chi connectivity index (χ4n) is 5.18. The molecule has 2 heterocycles. The number of nitrogens with one attached hydrogen (secondary N) is 1. The van der Waals surface area contributed by atoms with Gasteiger partial charge in [-0.2, -0.15) is 18.3 Å². The molecule has 0 unspecified atom stereocenters. The van der Waals surface area contributed by atoms with Gasteiger partial charge in [-0.15, -0.1) is 0 Å². The molecule has 4 aliphatic rings. The zero-order chi connectivity index (χ0) is 22.9. The van der Waals surface area contributed by atoms with E-state index in [-0.39, 0.29) is 40.6 Å². The number of carbonyl (C=O) groups excluding carboxylic acids is 2. The van der Waals surface area contributed by atoms with E-state index in [2.05, 4.69) is 15.4 Å². The summed E-state index contributed by atoms with van der Waals surface area (Å²) in [6, 6.07) is 2.60. The molecule has 0 spiro atoms. The van der Waals surface area contributed by atoms with E-state index in [9.17, 15) is 22.8 Å². The van der Waals surface area contributed by atoms with Gasteiger partial charge in [0.2, 0.25) is 0 Å². The van der Waals surface area contributed by atoms with Gasteiger partial charge in [-0.05, 0) is 49.7 Å². The minimum Gasteiger partial charge on any atom is -0.378 e. The van der Waals surface area contributed by atoms with Gasteiger partial charge in [0.05, 0.1) is 11.3 Å². The molecule has 0 atom stereocenters. The smallest absolute Gasteiger partial charge is 0.378 e. The van der Waals surface area contributed by atoms with E-state index in [0.717, 1.165) is 19.3 Å². The standard InChI is InChI=1S/C21H22F3N5O3/c1-32-20-7-19(8-20,9-20)10-29-16(14(21(22,23)24)15(28-29)11-2-3-11)18(31)27-12-4-5-26-13(6-12)17(25)30/h4-6,11H,2-3,7-10H2,1H3,(H2,25,30)(H,26,27,31). The number of amides is 2. The van der Waals surface area contributed by atoms with Crippen LogP contribution in [-0.4, -0.2) is 39.3 Å². The van der Waals surface area contributed by atoms with Crippen LogP contribution in [0.1, 0.15) is 70.3 Å². The fourth-order valence-corrected chi connectivity index (χ4v) is 5.18. The first-order chi connectivity index (χ1) is 15.0. The van der Waals surface area contributed by atoms with E-state index in [1.807, 2.05) is 0 Å². The molecule has 32 heavy (non-hydrogen) atoms. The number of halogens is 3. The molecule has 0 aromatic carbocycles. The molecule has 2 aromatic heterocycles. The fraction of sp³-hybridized carbons (Fsp3) is 0.524. The number of anilines is 1. The van der Waals surface area contributed by atoms with Crippen molar-refractivity contribution in [2.75, 3.05) is 12.4 Å². The molecular formula is C21H22F3N5O3. The number of nitrogens with zero attached hydrogens (tertiary/aromatic N) is 3. The zero-order valence-electron chi connectivity index (χ0n) is 17.3. The summed E-state index contributed by atoms with van der Waals surface area (Å²) in [6.07, 6.45) is -0.0274. The summed E-state index contributed by atoms with van der Waals surface area (Å²) in [7, 11) is 1.64. The van der Waals surface area contributed by atoms with Gasteiger partial charge >= 0.3 is 6.18 Å². The first-order valence-electron chi connectivity index (χ1n) is 10.4. The molecule has 8 nitrogen and oxygen atoms in total. The van der Waals surface area contributed by atoms with Crippen LogP contribution in [0.4, 0.5) is 18.9 Å². The quantitative estimate of drug-likeness (QED) is 0.675. The number of aromatic nitrogens is 3. The molecule has 2 aromatic rings. The van der Waals surface area contributed by atoms with E-state index in [1.54, 1.807) is 7.11 Å². The van der Waals surface area contributed by atoms with Gasteiger partial charge in [0.1, 0.15) is 17.0 Å². The van der Waals surface area contributed by atoms with Gasteiger partial charge < -0.3 is 15.8 Å². The number of primary amides is 1. The maximum absolute atomic E-state index is 14.1. The van der Waals surface area contributed by atoms with Crippen LogP contribution >= 0.6 is 0 Å². The van der Waals surface area contributed by atoms with Crippen LogP contribution in [0.25, 0.3) is 0 Å². The molecular weight excluding hydrogens is 427 g/mol. The molecule has 0 radical (unpaired) electrons. The van der Waals surface area contributed by atoms with Crippen LogP contribution in [0.2, 0.25) is 0 Å². The lowest BCUT2D eigenvalue weighted by Gasteiger charge is -2.69. The molecule has 0 aliphatic heterocycles. The van der Waals surface area contributed by atoms with Crippen molar-refractivity contribution in [3.8, 4) is 0 Å². The summed E-state index contributed by atoms with van der Waals surface area (Å²) < 4.78 is 49.0. The maximum Gasteiger partial charge on any atom is 0.420 e. The third-order valence-corrected chi connectivity index (χ3v) is 6.72. The highest BCUT2D eigenvalue weighted by atomic mass is 19.4. The number of hydrogen-bond donors (Lipinski definition) is 2. The predicted octanol–water partition coefficient (Wildman–Crippen LogP) is 3.09. The number of nitrogens with two attached hydrogens (primary N) is 1. The van der Waals surface area contributed by atoms with Crippen molar-refractivity contribution in [3.05, 3.63) is 41.0 Å². The van der Waals surface area contributed by atoms with Crippen LogP contribution in [0.3, 0.4) is 0 Å². The van der Waals surface area contributed by atoms with E-state index < -0.39 is 29.2 Å². The number of carbonyl (C=O) groups is 2. The van der Waals surface area contributed by atoms with Crippen molar-refractivity contribution >= 4 is 17.5 Å². The van der Waals surface area contributed by atoms with Gasteiger partial charge in [0.15, 0.2) is 0 Å². The van der Waals surface area contributed by atoms with Gasteiger partial charge in [-0.3, -0.25) is 19.3 Å². The SMILES string of the molecule is COC12CC(Cn3nc(C4CC4)c(C(F)(F)F)c3C(=O)Nc3ccnc(C(N)=O)c3)(C1)C2. The third kappa shape index (κ3) is 3.35. The average molecular weight is 449 g/mol. The Kier molecular flexibility index (Phi) is 4.43. The van der Waals surface area contributed by atoms with Gasteiger partial charge in [-0.25, -0.2) is 0 Å². The van der Waals surface area contributed by atoms with Crippen molar-refractivity contribution in [3.63, 3.8) is 0 Å². The van der Waals surface area contributed by atoms with Crippen molar-refractivity contribution < 1.29 is 27.5 Å². The highest BCUT2D eigenvalue weighted by Crippen LogP contribution is 2.69. The number of alkyl halides is 3. The zero-order valence-corrected chi connectivity index (χ0v) is 17.3. The molecule has 2 bridgehead atoms. The molecule has 0 saturated heterocycles. The second-order valence-corrected chi connectivity index (χ2v) is 9.20. The average Bonchev–Trinajstić information content (AvgIpc) is 3.43. The summed E-state index contributed by atoms with van der Waals surface area (Å²) in [6.45, 7) is 0.222. The van der Waals surface area contributed by atoms with Crippen LogP contribution < -0.4 is 11.1 Å². The van der Waals surface area contributed by atoms with E-state index in [4.69, 9.17) is 10.5 Å². The lowest BCUT2D eigenvalue weighted by molar-refractivity contribution is -0.280. The summed E-state index contributed by atoms with van der Waals surface area (Å²) in [5.74, 6) is -2.04. The normalized spacial score (nSPS) is 26.2. The third-order valence-electron chi connectivity index (χ3n) is 6.72. The van der Waals surface area contributed by atoms with Gasteiger partial charge in [-0.1, -0.05) is 0 Å². The summed E-state index contributed by atoms with van der Waals surface area (Å²) in [5, 5.41) is 6.76. The number of ether oxygens (including phenoxy) is 1. The monoisotopic (exact) mass is 449 g/mol. The molecule has 4 aliphatic carbocycles. The predicted molar refractivity (Wildman–Crippen MR) is 106 cm³/mol. The van der Waals surface area contributed by atoms with Crippen LogP contribution in [0.15, 0.2) is 18.3 Å². The molecule has 3 N–H and O–H groups in total. The molecule has 170 valence electrons. The largest absolute Gasteiger partial charge is 0.420 e. The molecule has 6 rings (SSSR count). The number of hydrogen-bond acceptors (Lipinski definition) is 5. The van der Waals surface area contributed by atoms with E-state index in [1.165, 1.54) is 23.0 Å². The van der Waals surface area contributed by atoms with Crippen molar-refractivity contribution in [1.29, 1.82) is 0 Å². The number of rotatable bonds is 7. The lowest BCUT2D eigenvalue weighted by Crippen LogP contribution is -2.69. The minimum absolute atomic E-state index is 0.0664. The van der Waals surface area contributed by atoms with E-state index >= 15 is 0 Å². The summed E-state index contributed by atoms with van der Waals surface area (Å²) >= 11 is 0. The Hall–Kier alpha value is -2.95. The van der Waals surface area contributed by atoms with Crippen molar-refractivity contribution in [1.82, 2.24) is 14.8 Å². The molecule has 11 heteroatoms. The summed E-state index contributed by atoms with van der Waals surface area (Å²) in [4.78, 5) is 28.3. The molecule has 4 fully saturated rings. The van der Waals surface area contributed by atoms with Gasteiger partial charge in [0.25, 0.3) is 11.8 Å². The lowest BCUT2D eigenvalue weighted by atomic mass is 9.41.